The summed E-state index contributed by atoms with van der Waals surface area (Å²) >= 11 is 0. The van der Waals surface area contributed by atoms with Gasteiger partial charge in [-0.25, -0.2) is 0 Å². The number of piperidine rings is 1. The molecule has 0 aromatic heterocycles. The van der Waals surface area contributed by atoms with Crippen LogP contribution < -0.4 is 5.32 Å². The van der Waals surface area contributed by atoms with E-state index >= 15 is 0 Å². The molecule has 0 aliphatic carbocycles. The monoisotopic (exact) mass is 228 g/mol. The number of aliphatic hydroxyl groups is 1. The first-order chi connectivity index (χ1) is 7.61. The third-order valence-electron chi connectivity index (χ3n) is 3.06. The summed E-state index contributed by atoms with van der Waals surface area (Å²) in [6, 6.07) is 0.222. The third-order valence-corrected chi connectivity index (χ3v) is 3.06. The first-order valence-corrected chi connectivity index (χ1v) is 6.24. The number of carbonyl (C=O) groups is 1. The second kappa shape index (κ2) is 6.86. The van der Waals surface area contributed by atoms with Crippen molar-refractivity contribution in [2.75, 3.05) is 26.2 Å². The molecule has 1 rings (SSSR count). The maximum absolute atomic E-state index is 11.5. The number of hydrogen-bond acceptors (Lipinski definition) is 3. The van der Waals surface area contributed by atoms with Crippen molar-refractivity contribution in [2.45, 2.75) is 39.2 Å². The van der Waals surface area contributed by atoms with Crippen molar-refractivity contribution in [1.82, 2.24) is 10.2 Å². The van der Waals surface area contributed by atoms with Gasteiger partial charge in [-0.05, 0) is 52.1 Å². The van der Waals surface area contributed by atoms with Crippen molar-refractivity contribution < 1.29 is 9.90 Å². The van der Waals surface area contributed by atoms with E-state index in [9.17, 15) is 4.79 Å². The molecule has 0 atom stereocenters. The van der Waals surface area contributed by atoms with Crippen LogP contribution in [0.3, 0.4) is 0 Å². The molecule has 0 aromatic rings. The zero-order chi connectivity index (χ0) is 12.0. The molecule has 1 amide bonds. The van der Waals surface area contributed by atoms with Gasteiger partial charge in [0.05, 0.1) is 6.54 Å². The molecule has 4 heteroatoms. The predicted molar refractivity (Wildman–Crippen MR) is 64.1 cm³/mol. The van der Waals surface area contributed by atoms with E-state index in [-0.39, 0.29) is 11.9 Å². The quantitative estimate of drug-likeness (QED) is 0.725. The molecule has 0 saturated carbocycles. The number of amides is 1. The van der Waals surface area contributed by atoms with Crippen LogP contribution in [0, 0.1) is 5.92 Å². The van der Waals surface area contributed by atoms with Crippen LogP contribution in [0.15, 0.2) is 0 Å². The van der Waals surface area contributed by atoms with E-state index in [1.165, 1.54) is 0 Å². The molecule has 1 aliphatic heterocycles. The smallest absolute Gasteiger partial charge is 0.234 e. The maximum Gasteiger partial charge on any atom is 0.234 e. The van der Waals surface area contributed by atoms with Crippen LogP contribution in [-0.2, 0) is 4.79 Å². The number of rotatable bonds is 5. The number of hydrogen-bond donors (Lipinski definition) is 2. The molecule has 0 bridgehead atoms. The molecule has 4 nitrogen and oxygen atoms in total. The number of carbonyl (C=O) groups excluding carboxylic acids is 1. The Labute approximate surface area is 98.0 Å². The summed E-state index contributed by atoms with van der Waals surface area (Å²) in [4.78, 5) is 13.7. The molecule has 1 saturated heterocycles. The number of likely N-dealkylation sites (tertiary alicyclic amines) is 1. The number of nitrogens with one attached hydrogen (secondary N) is 1. The van der Waals surface area contributed by atoms with Gasteiger partial charge in [0.2, 0.25) is 5.91 Å². The summed E-state index contributed by atoms with van der Waals surface area (Å²) in [6.45, 7) is 6.73. The molecule has 1 aliphatic rings. The first-order valence-electron chi connectivity index (χ1n) is 6.24. The van der Waals surface area contributed by atoms with Crippen LogP contribution >= 0.6 is 0 Å². The van der Waals surface area contributed by atoms with E-state index in [1.807, 2.05) is 13.8 Å². The minimum Gasteiger partial charge on any atom is -0.396 e. The van der Waals surface area contributed by atoms with Crippen molar-refractivity contribution in [2.24, 2.45) is 5.92 Å². The van der Waals surface area contributed by atoms with E-state index in [1.54, 1.807) is 0 Å². The van der Waals surface area contributed by atoms with Gasteiger partial charge in [-0.2, -0.15) is 0 Å². The van der Waals surface area contributed by atoms with Crippen LogP contribution in [0.2, 0.25) is 0 Å². The molecule has 1 heterocycles. The van der Waals surface area contributed by atoms with Crippen LogP contribution in [0.1, 0.15) is 33.1 Å². The van der Waals surface area contributed by atoms with Crippen molar-refractivity contribution in [3.63, 3.8) is 0 Å². The van der Waals surface area contributed by atoms with Gasteiger partial charge in [-0.1, -0.05) is 0 Å². The van der Waals surface area contributed by atoms with Crippen molar-refractivity contribution >= 4 is 5.91 Å². The molecule has 0 radical (unpaired) electrons. The molecule has 94 valence electrons. The van der Waals surface area contributed by atoms with Gasteiger partial charge < -0.3 is 10.4 Å². The minimum atomic E-state index is 0.121. The van der Waals surface area contributed by atoms with Crippen molar-refractivity contribution in [3.05, 3.63) is 0 Å². The summed E-state index contributed by atoms with van der Waals surface area (Å²) in [7, 11) is 0. The Kier molecular flexibility index (Phi) is 5.77. The van der Waals surface area contributed by atoms with E-state index in [4.69, 9.17) is 5.11 Å². The maximum atomic E-state index is 11.5. The molecule has 1 fully saturated rings. The third kappa shape index (κ3) is 4.94. The van der Waals surface area contributed by atoms with Crippen molar-refractivity contribution in [1.29, 1.82) is 0 Å². The number of nitrogens with zero attached hydrogens (tertiary/aromatic N) is 1. The fraction of sp³-hybridized carbons (Fsp3) is 0.917. The highest BCUT2D eigenvalue weighted by Gasteiger charge is 2.20. The van der Waals surface area contributed by atoms with Gasteiger partial charge in [0, 0.05) is 12.6 Å². The molecule has 0 aromatic carbocycles. The van der Waals surface area contributed by atoms with Gasteiger partial charge in [-0.3, -0.25) is 9.69 Å². The van der Waals surface area contributed by atoms with Gasteiger partial charge in [0.1, 0.15) is 0 Å². The van der Waals surface area contributed by atoms with Crippen LogP contribution in [-0.4, -0.2) is 48.2 Å². The second-order valence-corrected chi connectivity index (χ2v) is 4.95. The van der Waals surface area contributed by atoms with E-state index in [0.717, 1.165) is 32.4 Å². The van der Waals surface area contributed by atoms with Crippen LogP contribution in [0.5, 0.6) is 0 Å². The molecule has 16 heavy (non-hydrogen) atoms. The Bertz CT molecular complexity index is 211. The van der Waals surface area contributed by atoms with E-state index < -0.39 is 0 Å². The first kappa shape index (κ1) is 13.5. The molecular formula is C12H24N2O2. The largest absolute Gasteiger partial charge is 0.396 e. The summed E-state index contributed by atoms with van der Waals surface area (Å²) in [6.07, 6.45) is 3.12. The fourth-order valence-electron chi connectivity index (χ4n) is 2.19. The lowest BCUT2D eigenvalue weighted by molar-refractivity contribution is -0.123. The summed E-state index contributed by atoms with van der Waals surface area (Å²) in [5.74, 6) is 0.769. The van der Waals surface area contributed by atoms with Crippen molar-refractivity contribution in [3.8, 4) is 0 Å². The summed E-state index contributed by atoms with van der Waals surface area (Å²) in [5.41, 5.74) is 0. The van der Waals surface area contributed by atoms with Crippen LogP contribution in [0.4, 0.5) is 0 Å². The lowest BCUT2D eigenvalue weighted by Gasteiger charge is -2.31. The topological polar surface area (TPSA) is 52.6 Å². The summed E-state index contributed by atoms with van der Waals surface area (Å²) in [5, 5.41) is 11.8. The van der Waals surface area contributed by atoms with Gasteiger partial charge in [0.15, 0.2) is 0 Å². The Hall–Kier alpha value is -0.610. The van der Waals surface area contributed by atoms with E-state index in [2.05, 4.69) is 10.2 Å². The highest BCUT2D eigenvalue weighted by Crippen LogP contribution is 2.19. The Morgan fingerprint density at radius 1 is 1.44 bits per heavy atom. The zero-order valence-electron chi connectivity index (χ0n) is 10.4. The highest BCUT2D eigenvalue weighted by molar-refractivity contribution is 5.78. The predicted octanol–water partition coefficient (Wildman–Crippen LogP) is 0.605. The summed E-state index contributed by atoms with van der Waals surface area (Å²) < 4.78 is 0. The molecule has 0 spiro atoms. The lowest BCUT2D eigenvalue weighted by Crippen LogP contribution is -2.43. The standard InChI is InChI=1S/C12H24N2O2/c1-10(2)13-12(16)9-14-6-3-11(4-7-14)5-8-15/h10-11,15H,3-9H2,1-2H3,(H,13,16). The van der Waals surface area contributed by atoms with Gasteiger partial charge in [-0.15, -0.1) is 0 Å². The average molecular weight is 228 g/mol. The SMILES string of the molecule is CC(C)NC(=O)CN1CCC(CCO)CC1. The Morgan fingerprint density at radius 3 is 2.56 bits per heavy atom. The van der Waals surface area contributed by atoms with Gasteiger partial charge >= 0.3 is 0 Å². The number of aliphatic hydroxyl groups excluding tert-OH is 1. The normalized spacial score (nSPS) is 19.0. The fourth-order valence-corrected chi connectivity index (χ4v) is 2.19. The lowest BCUT2D eigenvalue weighted by atomic mass is 9.94. The van der Waals surface area contributed by atoms with Crippen LogP contribution in [0.25, 0.3) is 0 Å². The molecule has 0 unspecified atom stereocenters. The average Bonchev–Trinajstić information content (AvgIpc) is 2.20. The highest BCUT2D eigenvalue weighted by atomic mass is 16.3. The van der Waals surface area contributed by atoms with Gasteiger partial charge in [0.25, 0.3) is 0 Å². The Balaban J connectivity index is 2.19. The second-order valence-electron chi connectivity index (χ2n) is 4.95. The molecular weight excluding hydrogens is 204 g/mol. The molecule has 2 N–H and O–H groups in total. The van der Waals surface area contributed by atoms with E-state index in [0.29, 0.717) is 19.1 Å². The Morgan fingerprint density at radius 2 is 2.06 bits per heavy atom. The minimum absolute atomic E-state index is 0.121. The zero-order valence-corrected chi connectivity index (χ0v) is 10.4.